The predicted molar refractivity (Wildman–Crippen MR) is 97.6 cm³/mol. The molecular weight excluding hydrogens is 310 g/mol. The van der Waals surface area contributed by atoms with Crippen LogP contribution in [0.1, 0.15) is 27.9 Å². The Kier molecular flexibility index (Phi) is 3.17. The average Bonchev–Trinajstić information content (AvgIpc) is 3.12. The van der Waals surface area contributed by atoms with Crippen molar-refractivity contribution >= 4 is 22.5 Å². The van der Waals surface area contributed by atoms with E-state index in [4.69, 9.17) is 0 Å². The normalized spacial score (nSPS) is 18.6. The molecule has 0 fully saturated rings. The van der Waals surface area contributed by atoms with Gasteiger partial charge in [0.15, 0.2) is 0 Å². The van der Waals surface area contributed by atoms with Crippen LogP contribution >= 0.6 is 0 Å². The maximum Gasteiger partial charge on any atom is 0.275 e. The number of hydrazone groups is 1. The zero-order valence-electron chi connectivity index (χ0n) is 13.7. The number of carbonyl (C=O) groups excluding carboxylic acids is 1. The van der Waals surface area contributed by atoms with Crippen LogP contribution in [0.3, 0.4) is 0 Å². The molecule has 5 rings (SSSR count). The SMILES string of the molecule is O=C(c1cnc2ccccc2c1)N1CC2CCc3ccccc3C2=N1. The van der Waals surface area contributed by atoms with E-state index in [9.17, 15) is 4.79 Å². The Morgan fingerprint density at radius 1 is 1.08 bits per heavy atom. The second kappa shape index (κ2) is 5.52. The van der Waals surface area contributed by atoms with Crippen molar-refractivity contribution in [1.29, 1.82) is 0 Å². The summed E-state index contributed by atoms with van der Waals surface area (Å²) in [5, 5.41) is 7.27. The van der Waals surface area contributed by atoms with E-state index in [1.165, 1.54) is 11.1 Å². The smallest absolute Gasteiger partial charge is 0.267 e. The topological polar surface area (TPSA) is 45.6 Å². The van der Waals surface area contributed by atoms with Gasteiger partial charge in [-0.25, -0.2) is 5.01 Å². The molecule has 4 heteroatoms. The predicted octanol–water partition coefficient (Wildman–Crippen LogP) is 3.66. The first kappa shape index (κ1) is 14.3. The van der Waals surface area contributed by atoms with Gasteiger partial charge >= 0.3 is 0 Å². The van der Waals surface area contributed by atoms with Crippen molar-refractivity contribution in [2.75, 3.05) is 6.54 Å². The summed E-state index contributed by atoms with van der Waals surface area (Å²) in [5.74, 6) is 0.268. The Bertz CT molecular complexity index is 1020. The van der Waals surface area contributed by atoms with Gasteiger partial charge in [-0.3, -0.25) is 9.78 Å². The third-order valence-electron chi connectivity index (χ3n) is 5.14. The third kappa shape index (κ3) is 2.33. The summed E-state index contributed by atoms with van der Waals surface area (Å²) in [7, 11) is 0. The van der Waals surface area contributed by atoms with E-state index < -0.39 is 0 Å². The summed E-state index contributed by atoms with van der Waals surface area (Å²) in [6.07, 6.45) is 3.76. The standard InChI is InChI=1S/C21H17N3O/c25-21(17-11-15-6-2-4-8-19(15)22-12-17)24-13-16-10-9-14-5-1-3-7-18(14)20(16)23-24/h1-8,11-12,16H,9-10,13H2. The van der Waals surface area contributed by atoms with Crippen LogP contribution < -0.4 is 0 Å². The molecule has 4 nitrogen and oxygen atoms in total. The molecule has 1 aliphatic heterocycles. The van der Waals surface area contributed by atoms with Gasteiger partial charge in [0, 0.05) is 23.1 Å². The Balaban J connectivity index is 1.50. The monoisotopic (exact) mass is 327 g/mol. The van der Waals surface area contributed by atoms with Gasteiger partial charge < -0.3 is 0 Å². The van der Waals surface area contributed by atoms with Gasteiger partial charge in [0.05, 0.1) is 23.3 Å². The fourth-order valence-electron chi connectivity index (χ4n) is 3.83. The van der Waals surface area contributed by atoms with Crippen molar-refractivity contribution in [2.45, 2.75) is 12.8 Å². The third-order valence-corrected chi connectivity index (χ3v) is 5.14. The van der Waals surface area contributed by atoms with E-state index >= 15 is 0 Å². The molecule has 25 heavy (non-hydrogen) atoms. The summed E-state index contributed by atoms with van der Waals surface area (Å²) in [5.41, 5.74) is 5.08. The number of benzene rings is 2. The first-order valence-electron chi connectivity index (χ1n) is 8.63. The minimum absolute atomic E-state index is 0.0716. The first-order valence-corrected chi connectivity index (χ1v) is 8.63. The molecule has 1 amide bonds. The lowest BCUT2D eigenvalue weighted by Crippen LogP contribution is -2.28. The summed E-state index contributed by atoms with van der Waals surface area (Å²) < 4.78 is 0. The van der Waals surface area contributed by atoms with Crippen LogP contribution in [0.25, 0.3) is 10.9 Å². The van der Waals surface area contributed by atoms with E-state index in [0.29, 0.717) is 18.0 Å². The van der Waals surface area contributed by atoms with Crippen molar-refractivity contribution in [3.05, 3.63) is 77.5 Å². The van der Waals surface area contributed by atoms with Gasteiger partial charge in [-0.05, 0) is 30.5 Å². The molecule has 0 saturated heterocycles. The molecular formula is C21H17N3O. The van der Waals surface area contributed by atoms with Gasteiger partial charge in [0.1, 0.15) is 0 Å². The molecule has 0 saturated carbocycles. The molecule has 1 aliphatic carbocycles. The average molecular weight is 327 g/mol. The number of para-hydroxylation sites is 1. The number of aromatic nitrogens is 1. The number of carbonyl (C=O) groups is 1. The number of rotatable bonds is 1. The lowest BCUT2D eigenvalue weighted by Gasteiger charge is -2.21. The second-order valence-electron chi connectivity index (χ2n) is 6.68. The Hall–Kier alpha value is -3.01. The van der Waals surface area contributed by atoms with Gasteiger partial charge in [0.2, 0.25) is 0 Å². The van der Waals surface area contributed by atoms with E-state index in [1.807, 2.05) is 36.4 Å². The number of nitrogens with zero attached hydrogens (tertiary/aromatic N) is 3. The maximum atomic E-state index is 12.9. The lowest BCUT2D eigenvalue weighted by atomic mass is 9.83. The molecule has 0 bridgehead atoms. The maximum absolute atomic E-state index is 12.9. The molecule has 0 spiro atoms. The van der Waals surface area contributed by atoms with Crippen LogP contribution in [0, 0.1) is 5.92 Å². The fraction of sp³-hybridized carbons (Fsp3) is 0.190. The highest BCUT2D eigenvalue weighted by Gasteiger charge is 2.34. The highest BCUT2D eigenvalue weighted by molar-refractivity contribution is 6.07. The zero-order valence-corrected chi connectivity index (χ0v) is 13.7. The van der Waals surface area contributed by atoms with Gasteiger partial charge in [0.25, 0.3) is 5.91 Å². The number of hydrogen-bond donors (Lipinski definition) is 0. The molecule has 2 aromatic carbocycles. The summed E-state index contributed by atoms with van der Waals surface area (Å²) >= 11 is 0. The molecule has 2 heterocycles. The van der Waals surface area contributed by atoms with Crippen molar-refractivity contribution in [3.63, 3.8) is 0 Å². The molecule has 1 unspecified atom stereocenters. The number of hydrogen-bond acceptors (Lipinski definition) is 3. The lowest BCUT2D eigenvalue weighted by molar-refractivity contribution is 0.0766. The molecule has 3 aromatic rings. The Morgan fingerprint density at radius 2 is 1.92 bits per heavy atom. The zero-order chi connectivity index (χ0) is 16.8. The van der Waals surface area contributed by atoms with E-state index in [-0.39, 0.29) is 5.91 Å². The largest absolute Gasteiger partial charge is 0.275 e. The quantitative estimate of drug-likeness (QED) is 0.685. The number of aryl methyl sites for hydroxylation is 1. The van der Waals surface area contributed by atoms with Crippen LogP contribution in [0.15, 0.2) is 65.9 Å². The van der Waals surface area contributed by atoms with E-state index in [0.717, 1.165) is 29.5 Å². The molecule has 2 aliphatic rings. The first-order chi connectivity index (χ1) is 12.3. The fourth-order valence-corrected chi connectivity index (χ4v) is 3.83. The van der Waals surface area contributed by atoms with Crippen LogP contribution in [0.2, 0.25) is 0 Å². The highest BCUT2D eigenvalue weighted by Crippen LogP contribution is 2.31. The number of amides is 1. The van der Waals surface area contributed by atoms with Crippen molar-refractivity contribution in [1.82, 2.24) is 9.99 Å². The van der Waals surface area contributed by atoms with E-state index in [1.54, 1.807) is 11.2 Å². The summed E-state index contributed by atoms with van der Waals surface area (Å²) in [4.78, 5) is 17.3. The highest BCUT2D eigenvalue weighted by atomic mass is 16.2. The molecule has 1 atom stereocenters. The molecule has 1 aromatic heterocycles. The van der Waals surface area contributed by atoms with Crippen molar-refractivity contribution < 1.29 is 4.79 Å². The minimum Gasteiger partial charge on any atom is -0.267 e. The number of fused-ring (bicyclic) bond motifs is 4. The van der Waals surface area contributed by atoms with Crippen molar-refractivity contribution in [2.24, 2.45) is 11.0 Å². The van der Waals surface area contributed by atoms with Crippen LogP contribution in [0.5, 0.6) is 0 Å². The Morgan fingerprint density at radius 3 is 2.88 bits per heavy atom. The van der Waals surface area contributed by atoms with Crippen LogP contribution in [-0.2, 0) is 6.42 Å². The van der Waals surface area contributed by atoms with Gasteiger partial charge in [-0.1, -0.05) is 42.5 Å². The van der Waals surface area contributed by atoms with Crippen LogP contribution in [0.4, 0.5) is 0 Å². The second-order valence-corrected chi connectivity index (χ2v) is 6.68. The molecule has 0 N–H and O–H groups in total. The number of pyridine rings is 1. The van der Waals surface area contributed by atoms with Crippen molar-refractivity contribution in [3.8, 4) is 0 Å². The molecule has 122 valence electrons. The minimum atomic E-state index is -0.0716. The summed E-state index contributed by atoms with van der Waals surface area (Å²) in [6, 6.07) is 18.1. The van der Waals surface area contributed by atoms with Gasteiger partial charge in [-0.15, -0.1) is 0 Å². The van der Waals surface area contributed by atoms with Gasteiger partial charge in [-0.2, -0.15) is 5.10 Å². The summed E-state index contributed by atoms with van der Waals surface area (Å²) in [6.45, 7) is 0.662. The van der Waals surface area contributed by atoms with Crippen LogP contribution in [-0.4, -0.2) is 28.2 Å². The van der Waals surface area contributed by atoms with E-state index in [2.05, 4.69) is 28.3 Å². The molecule has 0 radical (unpaired) electrons. The Labute approximate surface area is 145 Å².